The Labute approximate surface area is 121 Å². The van der Waals surface area contributed by atoms with Gasteiger partial charge in [-0.1, -0.05) is 13.8 Å². The molecule has 0 aliphatic heterocycles. The summed E-state index contributed by atoms with van der Waals surface area (Å²) in [6.45, 7) is 7.71. The van der Waals surface area contributed by atoms with Crippen molar-refractivity contribution in [3.63, 3.8) is 0 Å². The molecule has 0 aromatic carbocycles. The highest BCUT2D eigenvalue weighted by molar-refractivity contribution is 7.85. The molecule has 5 unspecified atom stereocenters. The van der Waals surface area contributed by atoms with E-state index in [4.69, 9.17) is 4.55 Å². The maximum Gasteiger partial charge on any atom is 0.267 e. The predicted octanol–water partition coefficient (Wildman–Crippen LogP) is 1.70. The van der Waals surface area contributed by atoms with Gasteiger partial charge in [-0.05, 0) is 50.4 Å². The van der Waals surface area contributed by atoms with E-state index in [1.807, 2.05) is 0 Å². The molecule has 5 nitrogen and oxygen atoms in total. The first kappa shape index (κ1) is 15.8. The third-order valence-electron chi connectivity index (χ3n) is 5.24. The van der Waals surface area contributed by atoms with Crippen LogP contribution in [-0.4, -0.2) is 30.2 Å². The van der Waals surface area contributed by atoms with Crippen LogP contribution >= 0.6 is 0 Å². The molecule has 0 aromatic rings. The third-order valence-corrected chi connectivity index (χ3v) is 6.32. The van der Waals surface area contributed by atoms with Crippen LogP contribution in [0.15, 0.2) is 0 Å². The van der Waals surface area contributed by atoms with Gasteiger partial charge in [0.25, 0.3) is 10.1 Å². The summed E-state index contributed by atoms with van der Waals surface area (Å²) in [6.07, 6.45) is 2.02. The fourth-order valence-corrected chi connectivity index (χ4v) is 5.14. The third kappa shape index (κ3) is 3.17. The Morgan fingerprint density at radius 1 is 1.25 bits per heavy atom. The van der Waals surface area contributed by atoms with Gasteiger partial charge in [0.15, 0.2) is 0 Å². The number of carbonyl (C=O) groups is 1. The Hall–Kier alpha value is -0.620. The van der Waals surface area contributed by atoms with Crippen LogP contribution in [-0.2, 0) is 14.9 Å². The molecule has 0 aromatic heterocycles. The summed E-state index contributed by atoms with van der Waals surface area (Å²) in [5.74, 6) is 1.73. The van der Waals surface area contributed by atoms with E-state index in [2.05, 4.69) is 19.2 Å². The van der Waals surface area contributed by atoms with Crippen LogP contribution in [0.25, 0.3) is 0 Å². The number of rotatable bonds is 4. The second-order valence-corrected chi connectivity index (χ2v) is 8.77. The second-order valence-electron chi connectivity index (χ2n) is 7.32. The lowest BCUT2D eigenvalue weighted by atomic mass is 9.75. The van der Waals surface area contributed by atoms with E-state index in [1.165, 1.54) is 0 Å². The topological polar surface area (TPSA) is 83.5 Å². The molecule has 1 amide bonds. The minimum Gasteiger partial charge on any atom is -0.350 e. The Balaban J connectivity index is 2.00. The largest absolute Gasteiger partial charge is 0.350 e. The standard InChI is InChI=1S/C14H25NO4S/c1-8-9(2)11-5-10(8)6-12(11)13(16)15-14(3,4)7-20(17,18)19/h8-12H,5-7H2,1-4H3,(H,15,16)(H,17,18,19). The summed E-state index contributed by atoms with van der Waals surface area (Å²) in [5, 5.41) is 2.80. The lowest BCUT2D eigenvalue weighted by Gasteiger charge is -2.33. The highest BCUT2D eigenvalue weighted by Gasteiger charge is 2.51. The second kappa shape index (κ2) is 4.98. The molecule has 2 bridgehead atoms. The minimum atomic E-state index is -4.10. The van der Waals surface area contributed by atoms with Crippen molar-refractivity contribution in [3.8, 4) is 0 Å². The van der Waals surface area contributed by atoms with Gasteiger partial charge in [0, 0.05) is 5.92 Å². The molecule has 5 atom stereocenters. The van der Waals surface area contributed by atoms with E-state index < -0.39 is 21.4 Å². The van der Waals surface area contributed by atoms with Gasteiger partial charge in [-0.25, -0.2) is 0 Å². The van der Waals surface area contributed by atoms with Crippen molar-refractivity contribution in [2.75, 3.05) is 5.75 Å². The lowest BCUT2D eigenvalue weighted by Crippen LogP contribution is -2.51. The number of carbonyl (C=O) groups excluding carboxylic acids is 1. The van der Waals surface area contributed by atoms with Gasteiger partial charge in [0.05, 0.1) is 11.3 Å². The van der Waals surface area contributed by atoms with Crippen LogP contribution in [0.2, 0.25) is 0 Å². The number of hydrogen-bond acceptors (Lipinski definition) is 3. The van der Waals surface area contributed by atoms with Crippen molar-refractivity contribution in [1.82, 2.24) is 5.32 Å². The molecule has 2 aliphatic rings. The van der Waals surface area contributed by atoms with Crippen LogP contribution in [0.5, 0.6) is 0 Å². The number of nitrogens with one attached hydrogen (secondary N) is 1. The van der Waals surface area contributed by atoms with Crippen LogP contribution in [0, 0.1) is 29.6 Å². The maximum absolute atomic E-state index is 12.4. The van der Waals surface area contributed by atoms with Gasteiger partial charge in [0.2, 0.25) is 5.91 Å². The monoisotopic (exact) mass is 303 g/mol. The van der Waals surface area contributed by atoms with Crippen molar-refractivity contribution in [3.05, 3.63) is 0 Å². The van der Waals surface area contributed by atoms with Gasteiger partial charge in [-0.3, -0.25) is 9.35 Å². The van der Waals surface area contributed by atoms with Gasteiger partial charge >= 0.3 is 0 Å². The van der Waals surface area contributed by atoms with Crippen molar-refractivity contribution in [2.45, 2.75) is 46.1 Å². The molecular formula is C14H25NO4S. The van der Waals surface area contributed by atoms with Crippen molar-refractivity contribution < 1.29 is 17.8 Å². The zero-order valence-electron chi connectivity index (χ0n) is 12.6. The summed E-state index contributed by atoms with van der Waals surface area (Å²) in [5.41, 5.74) is -0.943. The fraction of sp³-hybridized carbons (Fsp3) is 0.929. The number of fused-ring (bicyclic) bond motifs is 2. The average molecular weight is 303 g/mol. The van der Waals surface area contributed by atoms with E-state index in [0.717, 1.165) is 12.8 Å². The smallest absolute Gasteiger partial charge is 0.267 e. The fourth-order valence-electron chi connectivity index (χ4n) is 4.16. The first-order chi connectivity index (χ1) is 9.00. The van der Waals surface area contributed by atoms with E-state index in [9.17, 15) is 13.2 Å². The highest BCUT2D eigenvalue weighted by Crippen LogP contribution is 2.54. The molecule has 2 aliphatic carbocycles. The Bertz CT molecular complexity index is 497. The van der Waals surface area contributed by atoms with E-state index in [-0.39, 0.29) is 11.8 Å². The molecular weight excluding hydrogens is 278 g/mol. The van der Waals surface area contributed by atoms with Crippen LogP contribution < -0.4 is 5.32 Å². The average Bonchev–Trinajstić information content (AvgIpc) is 2.75. The molecule has 2 N–H and O–H groups in total. The van der Waals surface area contributed by atoms with Crippen molar-refractivity contribution >= 4 is 16.0 Å². The molecule has 0 spiro atoms. The van der Waals surface area contributed by atoms with E-state index >= 15 is 0 Å². The normalized spacial score (nSPS) is 37.1. The summed E-state index contributed by atoms with van der Waals surface area (Å²) < 4.78 is 30.9. The van der Waals surface area contributed by atoms with E-state index in [1.54, 1.807) is 13.8 Å². The SMILES string of the molecule is CC1C2CC(C(=O)NC(C)(C)CS(=O)(=O)O)C(C2)C1C. The Morgan fingerprint density at radius 3 is 2.30 bits per heavy atom. The first-order valence-corrected chi connectivity index (χ1v) is 8.88. The van der Waals surface area contributed by atoms with Crippen molar-refractivity contribution in [2.24, 2.45) is 29.6 Å². The molecule has 2 fully saturated rings. The summed E-state index contributed by atoms with van der Waals surface area (Å²) in [4.78, 5) is 12.4. The zero-order chi connectivity index (χ0) is 15.3. The number of amides is 1. The van der Waals surface area contributed by atoms with Gasteiger partial charge in [-0.15, -0.1) is 0 Å². The molecule has 0 saturated heterocycles. The quantitative estimate of drug-likeness (QED) is 0.774. The minimum absolute atomic E-state index is 0.00753. The molecule has 0 heterocycles. The molecule has 2 saturated carbocycles. The predicted molar refractivity (Wildman–Crippen MR) is 76.7 cm³/mol. The molecule has 2 rings (SSSR count). The van der Waals surface area contributed by atoms with Crippen molar-refractivity contribution in [1.29, 1.82) is 0 Å². The number of hydrogen-bond donors (Lipinski definition) is 2. The molecule has 0 radical (unpaired) electrons. The Morgan fingerprint density at radius 2 is 1.85 bits per heavy atom. The van der Waals surface area contributed by atoms with Gasteiger partial charge < -0.3 is 5.32 Å². The summed E-state index contributed by atoms with van der Waals surface area (Å²) >= 11 is 0. The first-order valence-electron chi connectivity index (χ1n) is 7.27. The summed E-state index contributed by atoms with van der Waals surface area (Å²) in [7, 11) is -4.10. The lowest BCUT2D eigenvalue weighted by molar-refractivity contribution is -0.129. The summed E-state index contributed by atoms with van der Waals surface area (Å²) in [6, 6.07) is 0. The Kier molecular flexibility index (Phi) is 3.93. The molecule has 116 valence electrons. The highest BCUT2D eigenvalue weighted by atomic mass is 32.2. The van der Waals surface area contributed by atoms with E-state index in [0.29, 0.717) is 23.7 Å². The zero-order valence-corrected chi connectivity index (χ0v) is 13.4. The van der Waals surface area contributed by atoms with Crippen LogP contribution in [0.1, 0.15) is 40.5 Å². The van der Waals surface area contributed by atoms with Crippen LogP contribution in [0.4, 0.5) is 0 Å². The van der Waals surface area contributed by atoms with Crippen LogP contribution in [0.3, 0.4) is 0 Å². The van der Waals surface area contributed by atoms with Gasteiger partial charge in [-0.2, -0.15) is 8.42 Å². The maximum atomic E-state index is 12.4. The molecule has 6 heteroatoms. The molecule has 20 heavy (non-hydrogen) atoms. The van der Waals surface area contributed by atoms with Gasteiger partial charge in [0.1, 0.15) is 0 Å².